The maximum atomic E-state index is 14.0. The summed E-state index contributed by atoms with van der Waals surface area (Å²) in [7, 11) is 0. The summed E-state index contributed by atoms with van der Waals surface area (Å²) in [5.74, 6) is 7.29. The van der Waals surface area contributed by atoms with E-state index >= 15 is 0 Å². The summed E-state index contributed by atoms with van der Waals surface area (Å²) >= 11 is -2.14. The van der Waals surface area contributed by atoms with Gasteiger partial charge in [0.15, 0.2) is 0 Å². The molecule has 0 atom stereocenters. The minimum absolute atomic E-state index is 0. The Morgan fingerprint density at radius 2 is 1.53 bits per heavy atom. The Morgan fingerprint density at radius 1 is 0.783 bits per heavy atom. The first kappa shape index (κ1) is 38.0. The van der Waals surface area contributed by atoms with Gasteiger partial charge in [0.2, 0.25) is 5.71 Å². The van der Waals surface area contributed by atoms with Crippen LogP contribution in [0.4, 0.5) is 4.39 Å². The van der Waals surface area contributed by atoms with Gasteiger partial charge in [-0.1, -0.05) is 69.0 Å². The molecule has 60 heavy (non-hydrogen) atoms. The molecule has 5 aromatic carbocycles. The average molecular weight is 1040 g/mol. The van der Waals surface area contributed by atoms with Crippen molar-refractivity contribution in [3.63, 3.8) is 0 Å². The summed E-state index contributed by atoms with van der Waals surface area (Å²) in [5, 5.41) is 2.47. The van der Waals surface area contributed by atoms with Crippen LogP contribution in [0.3, 0.4) is 0 Å². The van der Waals surface area contributed by atoms with E-state index in [2.05, 4.69) is 97.0 Å². The number of nitrogens with zero attached hydrogens (tertiary/aromatic N) is 4. The van der Waals surface area contributed by atoms with E-state index in [1.165, 1.54) is 33.7 Å². The first-order valence-corrected chi connectivity index (χ1v) is 27.5. The number of halogens is 1. The number of benzene rings is 5. The molecule has 0 aliphatic heterocycles. The van der Waals surface area contributed by atoms with Gasteiger partial charge in [-0.2, -0.15) is 0 Å². The number of imidazole rings is 1. The summed E-state index contributed by atoms with van der Waals surface area (Å²) in [4.78, 5) is 14.4. The summed E-state index contributed by atoms with van der Waals surface area (Å²) in [6.07, 6.45) is 1.91. The number of furan rings is 1. The molecule has 0 aliphatic carbocycles. The zero-order chi connectivity index (χ0) is 45.2. The van der Waals surface area contributed by atoms with Crippen LogP contribution < -0.4 is 4.40 Å². The van der Waals surface area contributed by atoms with Crippen molar-refractivity contribution in [2.45, 2.75) is 83.4 Å². The first-order chi connectivity index (χ1) is 29.7. The van der Waals surface area contributed by atoms with Crippen LogP contribution in [0.15, 0.2) is 114 Å². The molecule has 0 bridgehead atoms. The molecule has 9 aromatic rings. The molecule has 1 radical (unpaired) electrons. The zero-order valence-corrected chi connectivity index (χ0v) is 39.9. The molecule has 8 heteroatoms. The van der Waals surface area contributed by atoms with Gasteiger partial charge in [-0.05, 0) is 59.4 Å². The minimum Gasteiger partial charge on any atom is 0 e. The van der Waals surface area contributed by atoms with Crippen LogP contribution in [0.5, 0.6) is 0 Å². The Labute approximate surface area is 374 Å². The van der Waals surface area contributed by atoms with Crippen molar-refractivity contribution in [1.82, 2.24) is 19.5 Å². The number of aromatic nitrogens is 4. The van der Waals surface area contributed by atoms with E-state index in [9.17, 15) is 4.39 Å². The normalized spacial score (nSPS) is 13.3. The Balaban J connectivity index is 0.000000212. The van der Waals surface area contributed by atoms with Crippen LogP contribution >= 0.6 is 0 Å². The van der Waals surface area contributed by atoms with Gasteiger partial charge in [0.25, 0.3) is 0 Å². The number of aryl methyl sites for hydroxylation is 1. The second-order valence-corrected chi connectivity index (χ2v) is 27.7. The van der Waals surface area contributed by atoms with Crippen LogP contribution in [-0.2, 0) is 20.1 Å². The van der Waals surface area contributed by atoms with E-state index < -0.39 is 26.0 Å². The van der Waals surface area contributed by atoms with Crippen LogP contribution in [0, 0.1) is 24.8 Å². The monoisotopic (exact) mass is 1040 g/mol. The average Bonchev–Trinajstić information content (AvgIpc) is 3.79. The summed E-state index contributed by atoms with van der Waals surface area (Å²) in [6.45, 7) is 10.6. The van der Waals surface area contributed by atoms with Crippen molar-refractivity contribution in [3.05, 3.63) is 150 Å². The van der Waals surface area contributed by atoms with E-state index in [1.807, 2.05) is 56.4 Å². The Kier molecular flexibility index (Phi) is 10.9. The maximum Gasteiger partial charge on any atom is 0 e. The summed E-state index contributed by atoms with van der Waals surface area (Å²) < 4.78 is 54.7. The summed E-state index contributed by atoms with van der Waals surface area (Å²) in [5.41, 5.74) is 11.0. The fourth-order valence-corrected chi connectivity index (χ4v) is 11.2. The smallest absolute Gasteiger partial charge is 0 e. The SMILES string of the molecule is CC(C)c1cccc(C(C)C)c1-n1c(-c2[c-]ccc3c2oc2nc4ccc(F)cc4cc23)nc2ccccc21.[2H]C([2H])([2H])c1c[c-]c(-c2cc(C([2H])(C)C)[c]([Ge]([CH3])([CH3])[CH3])cn2)cc1.[Ir]. The molecule has 4 heterocycles. The Bertz CT molecular complexity index is 3140. The molecule has 4 aromatic heterocycles. The predicted octanol–water partition coefficient (Wildman–Crippen LogP) is 13.8. The molecule has 5 nitrogen and oxygen atoms in total. The topological polar surface area (TPSA) is 56.7 Å². The largest absolute Gasteiger partial charge is 0 e. The van der Waals surface area contributed by atoms with Crippen LogP contribution in [0.2, 0.25) is 17.3 Å². The van der Waals surface area contributed by atoms with Gasteiger partial charge in [0, 0.05) is 36.6 Å². The number of hydrogen-bond acceptors (Lipinski definition) is 4. The summed E-state index contributed by atoms with van der Waals surface area (Å²) in [6, 6.07) is 38.5. The van der Waals surface area contributed by atoms with Crippen LogP contribution in [0.1, 0.15) is 87.0 Å². The van der Waals surface area contributed by atoms with Crippen LogP contribution in [-0.4, -0.2) is 32.8 Å². The molecule has 0 saturated heterocycles. The van der Waals surface area contributed by atoms with Crippen molar-refractivity contribution < 1.29 is 34.4 Å². The van der Waals surface area contributed by atoms with Gasteiger partial charge >= 0.3 is 131 Å². The Hall–Kier alpha value is -4.95. The third-order valence-corrected chi connectivity index (χ3v) is 15.1. The third-order valence-electron chi connectivity index (χ3n) is 10.9. The quantitative estimate of drug-likeness (QED) is 0.118. The standard InChI is InChI=1S/C34H27FN3O.C18H24GeN.Ir/c1-19(2)23-9-7-10-24(20(3)4)31(23)38-30-14-6-5-13-29(30)36-33(38)26-12-8-11-25-27-18-21-17-22(35)15-16-28(21)37-34(27)39-32(25)26;1-13(2)16-11-18(15-9-7-14(3)8-10-15)20-12-17(16)19(4,5)6;/h5-11,13-20H,1-4H3;7-9,11-13H,1-6H3;/q2*-1;/i;3D3,13D;. The van der Waals surface area contributed by atoms with E-state index in [4.69, 9.17) is 19.9 Å². The molecule has 0 spiro atoms. The van der Waals surface area contributed by atoms with Gasteiger partial charge in [-0.3, -0.25) is 4.98 Å². The fraction of sp³-hybridized carbons (Fsp3) is 0.250. The molecular formula is C52H51FGeIrN4O-2. The molecule has 0 aliphatic rings. The predicted molar refractivity (Wildman–Crippen MR) is 246 cm³/mol. The molecule has 0 fully saturated rings. The number of para-hydroxylation sites is 3. The number of rotatable bonds is 7. The van der Waals surface area contributed by atoms with Crippen molar-refractivity contribution in [2.24, 2.45) is 0 Å². The van der Waals surface area contributed by atoms with Gasteiger partial charge in [0.05, 0.1) is 28.0 Å². The molecule has 9 rings (SSSR count). The Morgan fingerprint density at radius 3 is 2.20 bits per heavy atom. The van der Waals surface area contributed by atoms with E-state index in [0.29, 0.717) is 28.6 Å². The van der Waals surface area contributed by atoms with E-state index in [1.54, 1.807) is 18.2 Å². The van der Waals surface area contributed by atoms with Gasteiger partial charge in [0.1, 0.15) is 5.82 Å². The molecule has 0 unspecified atom stereocenters. The number of hydrogen-bond donors (Lipinski definition) is 0. The van der Waals surface area contributed by atoms with E-state index in [-0.39, 0.29) is 31.5 Å². The molecule has 0 amide bonds. The van der Waals surface area contributed by atoms with Gasteiger partial charge in [-0.15, -0.1) is 18.2 Å². The zero-order valence-electron chi connectivity index (χ0n) is 39.5. The van der Waals surface area contributed by atoms with Crippen molar-refractivity contribution >= 4 is 61.7 Å². The number of pyridine rings is 2. The first-order valence-electron chi connectivity index (χ1n) is 22.2. The fourth-order valence-electron chi connectivity index (χ4n) is 7.85. The van der Waals surface area contributed by atoms with Crippen molar-refractivity contribution in [2.75, 3.05) is 0 Å². The van der Waals surface area contributed by atoms with E-state index in [0.717, 1.165) is 61.1 Å². The molecule has 0 N–H and O–H groups in total. The maximum absolute atomic E-state index is 14.0. The van der Waals surface area contributed by atoms with Gasteiger partial charge < -0.3 is 8.98 Å². The van der Waals surface area contributed by atoms with Crippen molar-refractivity contribution in [1.29, 1.82) is 0 Å². The molecule has 307 valence electrons. The molecule has 0 saturated carbocycles. The second kappa shape index (κ2) is 17.2. The van der Waals surface area contributed by atoms with Gasteiger partial charge in [-0.25, -0.2) is 9.37 Å². The third kappa shape index (κ3) is 8.24. The minimum atomic E-state index is -2.14. The second-order valence-electron chi connectivity index (χ2n) is 17.1. The number of fused-ring (bicyclic) bond motifs is 5. The molecular weight excluding hydrogens is 980 g/mol. The van der Waals surface area contributed by atoms with Crippen LogP contribution in [0.25, 0.3) is 72.3 Å². The van der Waals surface area contributed by atoms with Crippen molar-refractivity contribution in [3.8, 4) is 28.3 Å².